The standard InChI is InChI=1S/C19H27N3O3/c1-25-14-13-22-17(23)19(21-18(22)24,16-8-11-20-12-9-16)10-7-15-5-3-2-4-6-15/h2-6,16,20H,7-14H2,1H3,(H,21,24)/t19-/m0/s1. The number of urea groups is 1. The third-order valence-electron chi connectivity index (χ3n) is 5.41. The molecule has 0 spiro atoms. The van der Waals surface area contributed by atoms with Gasteiger partial charge in [-0.1, -0.05) is 30.3 Å². The van der Waals surface area contributed by atoms with Crippen LogP contribution in [0.2, 0.25) is 0 Å². The Bertz CT molecular complexity index is 601. The highest BCUT2D eigenvalue weighted by Crippen LogP contribution is 2.35. The number of aryl methyl sites for hydroxylation is 1. The molecule has 1 aromatic rings. The van der Waals surface area contributed by atoms with Gasteiger partial charge in [0, 0.05) is 7.11 Å². The highest BCUT2D eigenvalue weighted by Gasteiger charge is 2.54. The maximum atomic E-state index is 13.2. The second-order valence-corrected chi connectivity index (χ2v) is 6.86. The van der Waals surface area contributed by atoms with Crippen molar-refractivity contribution in [2.75, 3.05) is 33.4 Å². The smallest absolute Gasteiger partial charge is 0.325 e. The van der Waals surface area contributed by atoms with Crippen LogP contribution in [0, 0.1) is 5.92 Å². The number of nitrogens with zero attached hydrogens (tertiary/aromatic N) is 1. The third kappa shape index (κ3) is 3.70. The first-order chi connectivity index (χ1) is 12.2. The zero-order valence-corrected chi connectivity index (χ0v) is 14.8. The highest BCUT2D eigenvalue weighted by molar-refractivity contribution is 6.07. The van der Waals surface area contributed by atoms with Crippen molar-refractivity contribution < 1.29 is 14.3 Å². The van der Waals surface area contributed by atoms with Gasteiger partial charge in [0.1, 0.15) is 5.54 Å². The summed E-state index contributed by atoms with van der Waals surface area (Å²) in [6.45, 7) is 2.44. The summed E-state index contributed by atoms with van der Waals surface area (Å²) in [5, 5.41) is 6.41. The molecule has 0 bridgehead atoms. The quantitative estimate of drug-likeness (QED) is 0.736. The molecule has 2 heterocycles. The van der Waals surface area contributed by atoms with E-state index >= 15 is 0 Å². The van der Waals surface area contributed by atoms with Gasteiger partial charge in [-0.3, -0.25) is 9.69 Å². The molecule has 2 N–H and O–H groups in total. The van der Waals surface area contributed by atoms with Crippen LogP contribution in [0.5, 0.6) is 0 Å². The number of hydrogen-bond acceptors (Lipinski definition) is 4. The van der Waals surface area contributed by atoms with Gasteiger partial charge in [0.2, 0.25) is 0 Å². The molecule has 0 aliphatic carbocycles. The van der Waals surface area contributed by atoms with Gasteiger partial charge in [-0.05, 0) is 50.3 Å². The van der Waals surface area contributed by atoms with Crippen molar-refractivity contribution in [3.63, 3.8) is 0 Å². The zero-order valence-electron chi connectivity index (χ0n) is 14.8. The van der Waals surface area contributed by atoms with E-state index in [1.165, 1.54) is 10.5 Å². The molecule has 0 radical (unpaired) electrons. The van der Waals surface area contributed by atoms with Gasteiger partial charge in [0.15, 0.2) is 0 Å². The number of piperidine rings is 1. The van der Waals surface area contributed by atoms with Crippen molar-refractivity contribution in [3.05, 3.63) is 35.9 Å². The minimum absolute atomic E-state index is 0.0858. The second-order valence-electron chi connectivity index (χ2n) is 6.86. The van der Waals surface area contributed by atoms with Crippen molar-refractivity contribution >= 4 is 11.9 Å². The fraction of sp³-hybridized carbons (Fsp3) is 0.579. The van der Waals surface area contributed by atoms with Gasteiger partial charge in [0.05, 0.1) is 13.2 Å². The zero-order chi connectivity index (χ0) is 17.7. The van der Waals surface area contributed by atoms with E-state index in [1.54, 1.807) is 7.11 Å². The Morgan fingerprint density at radius 1 is 1.20 bits per heavy atom. The average Bonchev–Trinajstić information content (AvgIpc) is 2.91. The molecule has 0 unspecified atom stereocenters. The molecule has 25 heavy (non-hydrogen) atoms. The Kier molecular flexibility index (Phi) is 5.71. The van der Waals surface area contributed by atoms with Crippen LogP contribution in [-0.2, 0) is 16.0 Å². The number of rotatable bonds is 7. The SMILES string of the molecule is COCCN1C(=O)N[C@@](CCc2ccccc2)(C2CCNCC2)C1=O. The molecule has 0 aromatic heterocycles. The van der Waals surface area contributed by atoms with E-state index in [1.807, 2.05) is 18.2 Å². The van der Waals surface area contributed by atoms with Gasteiger partial charge >= 0.3 is 6.03 Å². The molecule has 136 valence electrons. The van der Waals surface area contributed by atoms with Crippen molar-refractivity contribution in [2.45, 2.75) is 31.2 Å². The summed E-state index contributed by atoms with van der Waals surface area (Å²) >= 11 is 0. The van der Waals surface area contributed by atoms with Crippen LogP contribution in [0.3, 0.4) is 0 Å². The summed E-state index contributed by atoms with van der Waals surface area (Å²) in [6.07, 6.45) is 3.21. The van der Waals surface area contributed by atoms with E-state index in [-0.39, 0.29) is 17.9 Å². The second kappa shape index (κ2) is 7.97. The third-order valence-corrected chi connectivity index (χ3v) is 5.41. The number of carbonyl (C=O) groups is 2. The van der Waals surface area contributed by atoms with E-state index in [9.17, 15) is 9.59 Å². The molecular formula is C19H27N3O3. The summed E-state index contributed by atoms with van der Waals surface area (Å²) in [5.74, 6) is 0.0823. The average molecular weight is 345 g/mol. The van der Waals surface area contributed by atoms with Crippen LogP contribution in [0.15, 0.2) is 30.3 Å². The molecule has 3 rings (SSSR count). The van der Waals surface area contributed by atoms with E-state index < -0.39 is 5.54 Å². The molecule has 3 amide bonds. The molecule has 2 saturated heterocycles. The van der Waals surface area contributed by atoms with E-state index in [4.69, 9.17) is 4.74 Å². The summed E-state index contributed by atoms with van der Waals surface area (Å²) in [6, 6.07) is 9.86. The Morgan fingerprint density at radius 2 is 1.92 bits per heavy atom. The lowest BCUT2D eigenvalue weighted by Gasteiger charge is -2.38. The number of methoxy groups -OCH3 is 1. The predicted octanol–water partition coefficient (Wildman–Crippen LogP) is 1.56. The van der Waals surface area contributed by atoms with E-state index in [0.29, 0.717) is 19.6 Å². The van der Waals surface area contributed by atoms with E-state index in [0.717, 1.165) is 32.4 Å². The normalized spacial score (nSPS) is 24.6. The Hall–Kier alpha value is -1.92. The molecule has 2 fully saturated rings. The molecule has 2 aliphatic rings. The van der Waals surface area contributed by atoms with Crippen LogP contribution in [0.4, 0.5) is 4.79 Å². The molecule has 6 nitrogen and oxygen atoms in total. The van der Waals surface area contributed by atoms with Crippen LogP contribution < -0.4 is 10.6 Å². The molecular weight excluding hydrogens is 318 g/mol. The number of carbonyl (C=O) groups excluding carboxylic acids is 2. The maximum Gasteiger partial charge on any atom is 0.325 e. The lowest BCUT2D eigenvalue weighted by Crippen LogP contribution is -2.56. The molecule has 6 heteroatoms. The summed E-state index contributed by atoms with van der Waals surface area (Å²) in [5.41, 5.74) is 0.399. The monoisotopic (exact) mass is 345 g/mol. The lowest BCUT2D eigenvalue weighted by molar-refractivity contribution is -0.134. The summed E-state index contributed by atoms with van der Waals surface area (Å²) in [4.78, 5) is 27.0. The highest BCUT2D eigenvalue weighted by atomic mass is 16.5. The number of imide groups is 1. The van der Waals surface area contributed by atoms with E-state index in [2.05, 4.69) is 22.8 Å². The van der Waals surface area contributed by atoms with Gasteiger partial charge in [-0.25, -0.2) is 4.79 Å². The van der Waals surface area contributed by atoms with Crippen molar-refractivity contribution in [1.29, 1.82) is 0 Å². The van der Waals surface area contributed by atoms with Crippen molar-refractivity contribution in [3.8, 4) is 0 Å². The molecule has 0 saturated carbocycles. The predicted molar refractivity (Wildman–Crippen MR) is 95.2 cm³/mol. The minimum Gasteiger partial charge on any atom is -0.383 e. The number of nitrogens with one attached hydrogen (secondary N) is 2. The first-order valence-corrected chi connectivity index (χ1v) is 9.05. The summed E-state index contributed by atoms with van der Waals surface area (Å²) < 4.78 is 5.06. The number of benzene rings is 1. The van der Waals surface area contributed by atoms with Gasteiger partial charge in [-0.15, -0.1) is 0 Å². The first-order valence-electron chi connectivity index (χ1n) is 9.05. The minimum atomic E-state index is -0.789. The fourth-order valence-corrected chi connectivity index (χ4v) is 3.98. The maximum absolute atomic E-state index is 13.2. The Labute approximate surface area is 148 Å². The molecule has 1 aromatic carbocycles. The first kappa shape index (κ1) is 17.9. The lowest BCUT2D eigenvalue weighted by atomic mass is 9.74. The Morgan fingerprint density at radius 3 is 2.60 bits per heavy atom. The fourth-order valence-electron chi connectivity index (χ4n) is 3.98. The van der Waals surface area contributed by atoms with Gasteiger partial charge in [-0.2, -0.15) is 0 Å². The molecule has 2 aliphatic heterocycles. The number of amides is 3. The largest absolute Gasteiger partial charge is 0.383 e. The summed E-state index contributed by atoms with van der Waals surface area (Å²) in [7, 11) is 1.58. The van der Waals surface area contributed by atoms with Crippen molar-refractivity contribution in [1.82, 2.24) is 15.5 Å². The van der Waals surface area contributed by atoms with Crippen LogP contribution in [0.1, 0.15) is 24.8 Å². The van der Waals surface area contributed by atoms with Crippen molar-refractivity contribution in [2.24, 2.45) is 5.92 Å². The Balaban J connectivity index is 1.82. The number of ether oxygens (including phenoxy) is 1. The van der Waals surface area contributed by atoms with Crippen LogP contribution >= 0.6 is 0 Å². The van der Waals surface area contributed by atoms with Crippen LogP contribution in [-0.4, -0.2) is 55.7 Å². The van der Waals surface area contributed by atoms with Gasteiger partial charge in [0.25, 0.3) is 5.91 Å². The topological polar surface area (TPSA) is 70.7 Å². The molecule has 1 atom stereocenters. The van der Waals surface area contributed by atoms with Crippen LogP contribution in [0.25, 0.3) is 0 Å². The number of hydrogen-bond donors (Lipinski definition) is 2. The van der Waals surface area contributed by atoms with Gasteiger partial charge < -0.3 is 15.4 Å².